The molecular weight excluding hydrogens is 1960 g/mol. The minimum absolute atomic E-state index is 0.0183. The van der Waals surface area contributed by atoms with E-state index in [4.69, 9.17) is 46.6 Å². The molecule has 5 aromatic carbocycles. The highest BCUT2D eigenvalue weighted by molar-refractivity contribution is 6.21. The number of amides is 6. The van der Waals surface area contributed by atoms with Crippen LogP contribution in [0.25, 0.3) is 57.6 Å². The molecule has 15 heterocycles. The summed E-state index contributed by atoms with van der Waals surface area (Å²) in [5.41, 5.74) is 22.2. The first-order chi connectivity index (χ1) is 72.0. The third-order valence-corrected chi connectivity index (χ3v) is 25.4. The van der Waals surface area contributed by atoms with Gasteiger partial charge in [0.15, 0.2) is 68.8 Å². The SMILES string of the molecule is CCOc1cc(-c2nc(N)c3c(n2)NC(=O)C3(C)C(N)=O)nn1Cc1ccccc1F.COC(=O)NC1(C)C(=O)Nc2nc(-c3cc(OC)n(Cc4ccccc4F)n3)[nH]c(=O)c21.COc1c(C)c(-c2nc(N)c3c(n2)NC(=O)C3(C)C(N)=O)nn1Cc1ccccc1F.COc1cc(-c2ncc(F)c(N3CCCCC3)n2)nn1Cc1ccccc1F.COc1cc(-c2ncc(F)c(N3CCCCC3)n2)nn1Cc1ccccc1F. The molecule has 3 atom stereocenters. The summed E-state index contributed by atoms with van der Waals surface area (Å²) in [7, 11) is 7.08. The van der Waals surface area contributed by atoms with E-state index in [-0.39, 0.29) is 125 Å². The maximum absolute atomic E-state index is 14.3. The Balaban J connectivity index is 0.000000134. The molecule has 0 radical (unpaired) electrons. The number of piperidine rings is 2. The fourth-order valence-corrected chi connectivity index (χ4v) is 17.3. The fraction of sp³-hybridized carbons (Fsp3) is 0.290. The number of anilines is 7. The smallest absolute Gasteiger partial charge is 0.407 e. The second-order valence-corrected chi connectivity index (χ2v) is 35.1. The molecule has 15 aromatic rings. The summed E-state index contributed by atoms with van der Waals surface area (Å²) >= 11 is 0. The van der Waals surface area contributed by atoms with Gasteiger partial charge < -0.3 is 87.4 Å². The average Bonchev–Trinajstić information content (AvgIpc) is 1.58. The van der Waals surface area contributed by atoms with Gasteiger partial charge >= 0.3 is 6.09 Å². The average molecular weight is 2060 g/mol. The molecule has 778 valence electrons. The standard InChI is InChI=1S/2C20H21F2N5O.2C20H20FN7O3.C20H19FN6O5/c2*1-28-18-11-17(25-27(18)13-14-7-3-4-8-15(14)21)19-23-12-16(22)20(24-19)26-9-5-2-6-10-26;1-9-13(27-28(17(9)31-3)8-10-6-4-5-7-11(10)21)16-24-14(22)12-15(25-16)26-19(30)20(12,2)18(23)29;1-3-31-13-8-12(27-28(13)9-10-6-4-5-7-11(10)21)16-24-15(22)14-17(25-16)26-19(30)20(14,2)18(23)29;1-20(25-19(30)32-3)14-16(24-18(20)29)22-15(23-17(14)28)12-8-13(31-2)27(26-12)9-10-6-4-5-7-11(10)21/h2*3-4,7-8,11-12H,2,5-6,9-10,13H2,1H3;4-7H,8H2,1-3H3,(H2,23,29)(H3,22,24,25,26,30);4-8H,3,9H2,1-2H3,(H2,23,29)(H3,22,24,25,26,30);4-8H,9H2,1-3H3,(H,25,30)(H2,22,23,24,28,29). The molecule has 13 N–H and O–H groups in total. The number of nitrogens with zero attached hydrogens (tertiary/aromatic N) is 21. The van der Waals surface area contributed by atoms with E-state index in [9.17, 15) is 64.3 Å². The molecule has 10 aromatic heterocycles. The molecule has 0 aliphatic carbocycles. The van der Waals surface area contributed by atoms with Gasteiger partial charge in [-0.05, 0) is 103 Å². The van der Waals surface area contributed by atoms with Crippen LogP contribution in [-0.2, 0) is 77.8 Å². The Morgan fingerprint density at radius 3 is 1.15 bits per heavy atom. The second-order valence-electron chi connectivity index (χ2n) is 35.1. The van der Waals surface area contributed by atoms with Crippen LogP contribution in [0.1, 0.15) is 116 Å². The van der Waals surface area contributed by atoms with Gasteiger partial charge in [0.05, 0.1) is 104 Å². The fourth-order valence-electron chi connectivity index (χ4n) is 17.3. The number of benzene rings is 5. The zero-order valence-corrected chi connectivity index (χ0v) is 82.5. The molecule has 50 heteroatoms. The molecule has 5 aliphatic heterocycles. The third-order valence-electron chi connectivity index (χ3n) is 25.4. The first-order valence-electron chi connectivity index (χ1n) is 46.8. The van der Waals surface area contributed by atoms with E-state index in [0.29, 0.717) is 115 Å². The predicted octanol–water partition coefficient (Wildman–Crippen LogP) is 11.0. The van der Waals surface area contributed by atoms with Crippen LogP contribution in [0, 0.1) is 47.6 Å². The molecule has 150 heavy (non-hydrogen) atoms. The molecule has 0 spiro atoms. The number of H-pyrrole nitrogens is 1. The molecule has 5 aliphatic rings. The van der Waals surface area contributed by atoms with Crippen LogP contribution in [0.3, 0.4) is 0 Å². The van der Waals surface area contributed by atoms with Crippen molar-refractivity contribution in [2.24, 2.45) is 11.5 Å². The highest BCUT2D eigenvalue weighted by atomic mass is 19.2. The summed E-state index contributed by atoms with van der Waals surface area (Å²) in [6.45, 7) is 11.9. The van der Waals surface area contributed by atoms with Crippen molar-refractivity contribution >= 4 is 76.4 Å². The third kappa shape index (κ3) is 21.4. The number of rotatable bonds is 26. The van der Waals surface area contributed by atoms with E-state index in [1.165, 1.54) is 112 Å². The number of primary amides is 2. The molecule has 0 bridgehead atoms. The number of nitrogens with one attached hydrogen (secondary N) is 5. The highest BCUT2D eigenvalue weighted by Gasteiger charge is 2.53. The monoisotopic (exact) mass is 2060 g/mol. The van der Waals surface area contributed by atoms with Crippen LogP contribution in [0.15, 0.2) is 163 Å². The number of alkyl carbamates (subject to hydrolysis) is 1. The minimum atomic E-state index is -1.67. The van der Waals surface area contributed by atoms with Crippen molar-refractivity contribution in [1.82, 2.24) is 104 Å². The molecule has 0 saturated carbocycles. The predicted molar refractivity (Wildman–Crippen MR) is 531 cm³/mol. The molecule has 20 rings (SSSR count). The van der Waals surface area contributed by atoms with Crippen molar-refractivity contribution in [3.63, 3.8) is 0 Å². The Kier molecular flexibility index (Phi) is 30.9. The Morgan fingerprint density at radius 2 is 0.767 bits per heavy atom. The highest BCUT2D eigenvalue weighted by Crippen LogP contribution is 2.45. The molecule has 3 unspecified atom stereocenters. The lowest BCUT2D eigenvalue weighted by molar-refractivity contribution is -0.133. The number of aromatic amines is 1. The number of carbonyl (C=O) groups is 6. The lowest BCUT2D eigenvalue weighted by Gasteiger charge is -2.27. The van der Waals surface area contributed by atoms with Crippen molar-refractivity contribution in [3.8, 4) is 87.0 Å². The van der Waals surface area contributed by atoms with Crippen LogP contribution in [0.2, 0.25) is 0 Å². The van der Waals surface area contributed by atoms with Gasteiger partial charge in [-0.3, -0.25) is 28.8 Å². The largest absolute Gasteiger partial charge is 0.481 e. The van der Waals surface area contributed by atoms with Crippen molar-refractivity contribution in [3.05, 3.63) is 259 Å². The number of halogens is 7. The van der Waals surface area contributed by atoms with Gasteiger partial charge in [-0.2, -0.15) is 25.5 Å². The summed E-state index contributed by atoms with van der Waals surface area (Å²) in [6.07, 6.45) is 7.84. The summed E-state index contributed by atoms with van der Waals surface area (Å²) in [6, 6.07) is 38.4. The summed E-state index contributed by atoms with van der Waals surface area (Å²) in [4.78, 5) is 131. The number of fused-ring (bicyclic) bond motifs is 3. The molecule has 2 saturated heterocycles. The first-order valence-corrected chi connectivity index (χ1v) is 46.8. The van der Waals surface area contributed by atoms with Gasteiger partial charge in [-0.1, -0.05) is 91.0 Å². The maximum Gasteiger partial charge on any atom is 0.407 e. The number of aromatic nitrogens is 20. The van der Waals surface area contributed by atoms with Crippen molar-refractivity contribution in [1.29, 1.82) is 0 Å². The summed E-state index contributed by atoms with van der Waals surface area (Å²) in [5, 5.41) is 32.1. The summed E-state index contributed by atoms with van der Waals surface area (Å²) in [5.74, 6) is -2.74. The van der Waals surface area contributed by atoms with E-state index < -0.39 is 75.0 Å². The minimum Gasteiger partial charge on any atom is -0.481 e. The first kappa shape index (κ1) is 105. The number of hydrogen-bond donors (Lipinski definition) is 9. The number of nitrogens with two attached hydrogens (primary N) is 4. The van der Waals surface area contributed by atoms with Gasteiger partial charge in [-0.15, -0.1) is 0 Å². The zero-order valence-electron chi connectivity index (χ0n) is 82.5. The normalized spacial score (nSPS) is 16.1. The molecule has 43 nitrogen and oxygen atoms in total. The van der Waals surface area contributed by atoms with Gasteiger partial charge in [0, 0.05) is 83.8 Å². The quantitative estimate of drug-likeness (QED) is 0.0180. The van der Waals surface area contributed by atoms with Gasteiger partial charge in [0.25, 0.3) is 11.5 Å². The van der Waals surface area contributed by atoms with Crippen LogP contribution < -0.4 is 83.2 Å². The molecule has 2 fully saturated rings. The lowest BCUT2D eigenvalue weighted by atomic mass is 9.84. The second kappa shape index (κ2) is 44.3. The maximum atomic E-state index is 14.3. The zero-order chi connectivity index (χ0) is 107. The molecular formula is C100H101F7N30O13. The van der Waals surface area contributed by atoms with Crippen LogP contribution in [0.5, 0.6) is 29.4 Å². The van der Waals surface area contributed by atoms with Crippen molar-refractivity contribution in [2.75, 3.05) is 106 Å². The van der Waals surface area contributed by atoms with Crippen LogP contribution in [-0.4, -0.2) is 203 Å². The number of hydrogen-bond acceptors (Lipinski definition) is 31. The van der Waals surface area contributed by atoms with Gasteiger partial charge in [-0.25, -0.2) is 104 Å². The topological polar surface area (TPSA) is 554 Å². The van der Waals surface area contributed by atoms with E-state index in [0.717, 1.165) is 71.8 Å². The van der Waals surface area contributed by atoms with Gasteiger partial charge in [0.1, 0.15) is 86.6 Å². The number of carbonyl (C=O) groups excluding carboxylic acids is 6. The van der Waals surface area contributed by atoms with Gasteiger partial charge in [0.2, 0.25) is 53.0 Å². The number of ether oxygens (including phenoxy) is 6. The van der Waals surface area contributed by atoms with E-state index in [2.05, 4.69) is 101 Å². The van der Waals surface area contributed by atoms with E-state index in [1.807, 2.05) is 16.7 Å². The Bertz CT molecular complexity index is 7580. The summed E-state index contributed by atoms with van der Waals surface area (Å²) < 4.78 is 138. The van der Waals surface area contributed by atoms with Crippen molar-refractivity contribution < 1.29 is 87.9 Å². The van der Waals surface area contributed by atoms with Crippen LogP contribution >= 0.6 is 0 Å². The van der Waals surface area contributed by atoms with E-state index in [1.54, 1.807) is 125 Å². The number of methoxy groups -OCH3 is 5. The Hall–Kier alpha value is -18.3. The Labute approximate surface area is 849 Å². The van der Waals surface area contributed by atoms with Crippen molar-refractivity contribution in [2.45, 2.75) is 122 Å². The Morgan fingerprint density at radius 1 is 0.413 bits per heavy atom. The lowest BCUT2D eigenvalue weighted by Crippen LogP contribution is -2.50. The molecule has 6 amide bonds. The number of nitrogen functional groups attached to an aromatic ring is 2. The van der Waals surface area contributed by atoms with E-state index >= 15 is 0 Å². The van der Waals surface area contributed by atoms with Crippen LogP contribution in [0.4, 0.5) is 76.3 Å².